The van der Waals surface area contributed by atoms with E-state index in [1.807, 2.05) is 0 Å². The second-order valence-electron chi connectivity index (χ2n) is 12.9. The van der Waals surface area contributed by atoms with Crippen molar-refractivity contribution in [3.63, 3.8) is 0 Å². The normalized spacial score (nSPS) is 43.0. The van der Waals surface area contributed by atoms with Crippen LogP contribution < -0.4 is 5.73 Å². The summed E-state index contributed by atoms with van der Waals surface area (Å²) in [6.07, 6.45) is 11.3. The summed E-state index contributed by atoms with van der Waals surface area (Å²) in [5, 5.41) is 10.3. The van der Waals surface area contributed by atoms with Gasteiger partial charge in [-0.05, 0) is 91.4 Å². The number of hydrogen-bond donors (Lipinski definition) is 2. The predicted molar refractivity (Wildman–Crippen MR) is 134 cm³/mol. The summed E-state index contributed by atoms with van der Waals surface area (Å²) < 4.78 is 5.88. The van der Waals surface area contributed by atoms with E-state index in [0.717, 1.165) is 30.8 Å². The van der Waals surface area contributed by atoms with Crippen molar-refractivity contribution in [2.75, 3.05) is 0 Å². The molecule has 0 amide bonds. The maximum Gasteiger partial charge on any atom is 0.331 e. The first-order valence-corrected chi connectivity index (χ1v) is 13.9. The van der Waals surface area contributed by atoms with Crippen molar-refractivity contribution in [2.45, 2.75) is 117 Å². The number of aliphatic carboxylic acids is 1. The zero-order valence-electron chi connectivity index (χ0n) is 22.1. The molecule has 0 bridgehead atoms. The second kappa shape index (κ2) is 9.59. The number of rotatable bonds is 6. The zero-order chi connectivity index (χ0) is 24.8. The lowest BCUT2D eigenvalue weighted by molar-refractivity contribution is -0.146. The Bertz CT molecular complexity index is 834. The minimum atomic E-state index is -0.863. The monoisotopic (exact) mass is 473 g/mol. The Labute approximate surface area is 206 Å². The SMILES string of the molecule is CC(=O)O[C@H]1C[C@@]2(C)C(/C1=C(\CCCC(C)C)C(=O)O)[C@H](N)C[C@@H]1C2CCC2CCCC[C@@]21C. The molecule has 192 valence electrons. The van der Waals surface area contributed by atoms with Crippen molar-refractivity contribution in [2.24, 2.45) is 46.2 Å². The highest BCUT2D eigenvalue weighted by molar-refractivity contribution is 5.88. The van der Waals surface area contributed by atoms with E-state index in [0.29, 0.717) is 41.6 Å². The van der Waals surface area contributed by atoms with Crippen LogP contribution >= 0.6 is 0 Å². The first kappa shape index (κ1) is 25.7. The fraction of sp³-hybridized carbons (Fsp3) is 0.862. The van der Waals surface area contributed by atoms with Crippen LogP contribution in [0.4, 0.5) is 0 Å². The Kier molecular flexibility index (Phi) is 7.26. The summed E-state index contributed by atoms with van der Waals surface area (Å²) >= 11 is 0. The van der Waals surface area contributed by atoms with Gasteiger partial charge in [-0.3, -0.25) is 4.79 Å². The molecule has 0 aliphatic heterocycles. The van der Waals surface area contributed by atoms with Crippen LogP contribution in [0, 0.1) is 40.4 Å². The Morgan fingerprint density at radius 1 is 1.12 bits per heavy atom. The molecule has 4 aliphatic rings. The molecule has 0 aromatic rings. The lowest BCUT2D eigenvalue weighted by atomic mass is 9.43. The van der Waals surface area contributed by atoms with Crippen LogP contribution in [0.2, 0.25) is 0 Å². The standard InChI is InChI=1S/C29H47NO4/c1-17(2)9-8-11-20(27(32)33)25-24(34-18(3)31)16-29(5)21-13-12-19-10-6-7-14-28(19,4)22(21)15-23(30)26(25)29/h17,19,21-24,26H,6-16,30H2,1-5H3,(H,32,33)/b25-20+/t19?,21?,22-,23-,24+,26?,28+,29-/m1/s1. The minimum Gasteiger partial charge on any atom is -0.478 e. The molecule has 4 saturated carbocycles. The highest BCUT2D eigenvalue weighted by atomic mass is 16.5. The van der Waals surface area contributed by atoms with E-state index in [9.17, 15) is 14.7 Å². The molecule has 8 atom stereocenters. The van der Waals surface area contributed by atoms with Crippen molar-refractivity contribution in [1.29, 1.82) is 0 Å². The Morgan fingerprint density at radius 2 is 1.85 bits per heavy atom. The number of hydrogen-bond acceptors (Lipinski definition) is 4. The number of carbonyl (C=O) groups is 2. The molecule has 0 aromatic carbocycles. The van der Waals surface area contributed by atoms with Crippen molar-refractivity contribution < 1.29 is 19.4 Å². The molecule has 4 fully saturated rings. The molecule has 34 heavy (non-hydrogen) atoms. The van der Waals surface area contributed by atoms with E-state index in [1.165, 1.54) is 45.4 Å². The van der Waals surface area contributed by atoms with Gasteiger partial charge in [0.2, 0.25) is 0 Å². The number of fused-ring (bicyclic) bond motifs is 5. The average molecular weight is 474 g/mol. The first-order chi connectivity index (χ1) is 16.0. The smallest absolute Gasteiger partial charge is 0.331 e. The molecule has 0 heterocycles. The second-order valence-corrected chi connectivity index (χ2v) is 12.9. The first-order valence-electron chi connectivity index (χ1n) is 13.9. The van der Waals surface area contributed by atoms with Crippen molar-refractivity contribution >= 4 is 11.9 Å². The fourth-order valence-corrected chi connectivity index (χ4v) is 9.13. The van der Waals surface area contributed by atoms with Gasteiger partial charge in [-0.25, -0.2) is 4.79 Å². The molecule has 4 rings (SSSR count). The van der Waals surface area contributed by atoms with E-state index in [-0.39, 0.29) is 23.3 Å². The molecule has 5 nitrogen and oxygen atoms in total. The molecule has 3 N–H and O–H groups in total. The Balaban J connectivity index is 1.75. The molecule has 0 aromatic heterocycles. The van der Waals surface area contributed by atoms with Gasteiger partial charge in [-0.1, -0.05) is 47.0 Å². The number of ether oxygens (including phenoxy) is 1. The lowest BCUT2D eigenvalue weighted by Gasteiger charge is -2.62. The highest BCUT2D eigenvalue weighted by Crippen LogP contribution is 2.68. The van der Waals surface area contributed by atoms with Crippen molar-refractivity contribution in [1.82, 2.24) is 0 Å². The van der Waals surface area contributed by atoms with Gasteiger partial charge in [-0.2, -0.15) is 0 Å². The maximum absolute atomic E-state index is 12.6. The summed E-state index contributed by atoms with van der Waals surface area (Å²) in [5.74, 6) is 1.20. The summed E-state index contributed by atoms with van der Waals surface area (Å²) in [7, 11) is 0. The molecular weight excluding hydrogens is 426 g/mol. The number of esters is 1. The van der Waals surface area contributed by atoms with Gasteiger partial charge in [0.05, 0.1) is 0 Å². The summed E-state index contributed by atoms with van der Waals surface area (Å²) in [6, 6.07) is -0.0845. The maximum atomic E-state index is 12.6. The highest BCUT2D eigenvalue weighted by Gasteiger charge is 2.64. The predicted octanol–water partition coefficient (Wildman–Crippen LogP) is 6.11. The van der Waals surface area contributed by atoms with Crippen LogP contribution in [0.5, 0.6) is 0 Å². The number of carbonyl (C=O) groups excluding carboxylic acids is 1. The third-order valence-electron chi connectivity index (χ3n) is 10.6. The van der Waals surface area contributed by atoms with Gasteiger partial charge in [0.15, 0.2) is 0 Å². The Morgan fingerprint density at radius 3 is 2.50 bits per heavy atom. The third-order valence-corrected chi connectivity index (χ3v) is 10.6. The van der Waals surface area contributed by atoms with Crippen LogP contribution in [-0.4, -0.2) is 29.2 Å². The summed E-state index contributed by atoms with van der Waals surface area (Å²) in [5.41, 5.74) is 8.55. The quantitative estimate of drug-likeness (QED) is 0.359. The molecule has 3 unspecified atom stereocenters. The van der Waals surface area contributed by atoms with Crippen LogP contribution in [0.15, 0.2) is 11.1 Å². The topological polar surface area (TPSA) is 89.6 Å². The van der Waals surface area contributed by atoms with E-state index < -0.39 is 12.1 Å². The molecular formula is C29H47NO4. The van der Waals surface area contributed by atoms with Crippen molar-refractivity contribution in [3.8, 4) is 0 Å². The zero-order valence-corrected chi connectivity index (χ0v) is 22.1. The van der Waals surface area contributed by atoms with Gasteiger partial charge in [0.25, 0.3) is 0 Å². The van der Waals surface area contributed by atoms with Gasteiger partial charge in [-0.15, -0.1) is 0 Å². The molecule has 5 heteroatoms. The summed E-state index contributed by atoms with van der Waals surface area (Å²) in [4.78, 5) is 24.7. The minimum absolute atomic E-state index is 0.0213. The fourth-order valence-electron chi connectivity index (χ4n) is 9.13. The van der Waals surface area contributed by atoms with Crippen LogP contribution in [0.1, 0.15) is 105 Å². The summed E-state index contributed by atoms with van der Waals surface area (Å²) in [6.45, 7) is 10.6. The van der Waals surface area contributed by atoms with Gasteiger partial charge in [0.1, 0.15) is 6.10 Å². The molecule has 0 spiro atoms. The van der Waals surface area contributed by atoms with E-state index in [4.69, 9.17) is 10.5 Å². The largest absolute Gasteiger partial charge is 0.478 e. The van der Waals surface area contributed by atoms with Gasteiger partial charge in [0, 0.05) is 24.5 Å². The number of nitrogens with two attached hydrogens (primary N) is 1. The number of carboxylic acid groups (broad SMARTS) is 1. The average Bonchev–Trinajstić information content (AvgIpc) is 3.03. The van der Waals surface area contributed by atoms with Crippen LogP contribution in [0.25, 0.3) is 0 Å². The van der Waals surface area contributed by atoms with Crippen LogP contribution in [-0.2, 0) is 14.3 Å². The Hall–Kier alpha value is -1.36. The van der Waals surface area contributed by atoms with E-state index in [2.05, 4.69) is 27.7 Å². The van der Waals surface area contributed by atoms with E-state index in [1.54, 1.807) is 0 Å². The molecule has 0 radical (unpaired) electrons. The van der Waals surface area contributed by atoms with Gasteiger partial charge >= 0.3 is 11.9 Å². The van der Waals surface area contributed by atoms with E-state index >= 15 is 0 Å². The molecule has 0 saturated heterocycles. The van der Waals surface area contributed by atoms with Crippen molar-refractivity contribution in [3.05, 3.63) is 11.1 Å². The molecule has 4 aliphatic carbocycles. The number of carboxylic acids is 1. The van der Waals surface area contributed by atoms with Gasteiger partial charge < -0.3 is 15.6 Å². The third kappa shape index (κ3) is 4.35. The lowest BCUT2D eigenvalue weighted by Crippen LogP contribution is -2.58. The van der Waals surface area contributed by atoms with Crippen LogP contribution in [0.3, 0.4) is 0 Å².